The number of benzene rings is 1. The molecule has 1 aliphatic rings. The predicted octanol–water partition coefficient (Wildman–Crippen LogP) is 3.26. The molecule has 0 saturated carbocycles. The topological polar surface area (TPSA) is 78.7 Å². The van der Waals surface area contributed by atoms with Gasteiger partial charge in [0.2, 0.25) is 11.0 Å². The van der Waals surface area contributed by atoms with Gasteiger partial charge in [0.15, 0.2) is 0 Å². The molecule has 8 nitrogen and oxygen atoms in total. The van der Waals surface area contributed by atoms with Crippen LogP contribution in [0.3, 0.4) is 0 Å². The number of carbonyl (C=O) groups is 1. The summed E-state index contributed by atoms with van der Waals surface area (Å²) in [4.78, 5) is 20.4. The van der Waals surface area contributed by atoms with Crippen molar-refractivity contribution in [3.63, 3.8) is 0 Å². The fourth-order valence-corrected chi connectivity index (χ4v) is 4.23. The average molecular weight is 420 g/mol. The average Bonchev–Trinajstić information content (AvgIpc) is 3.43. The Balaban J connectivity index is 1.39. The molecule has 1 saturated heterocycles. The fourth-order valence-electron chi connectivity index (χ4n) is 3.77. The Labute approximate surface area is 177 Å². The van der Waals surface area contributed by atoms with Crippen molar-refractivity contribution in [3.05, 3.63) is 54.3 Å². The maximum absolute atomic E-state index is 11.6. The van der Waals surface area contributed by atoms with Gasteiger partial charge in [-0.3, -0.25) is 9.20 Å². The van der Waals surface area contributed by atoms with Crippen LogP contribution in [0.1, 0.15) is 6.92 Å². The first kappa shape index (κ1) is 18.6. The van der Waals surface area contributed by atoms with E-state index in [1.165, 1.54) is 11.3 Å². The number of carbonyl (C=O) groups excluding carboxylic acids is 1. The molecule has 1 amide bonds. The molecular weight excluding hydrogens is 398 g/mol. The first-order chi connectivity index (χ1) is 14.7. The molecule has 152 valence electrons. The van der Waals surface area contributed by atoms with E-state index >= 15 is 0 Å². The lowest BCUT2D eigenvalue weighted by Gasteiger charge is -2.35. The molecule has 30 heavy (non-hydrogen) atoms. The Morgan fingerprint density at radius 3 is 2.77 bits per heavy atom. The highest BCUT2D eigenvalue weighted by molar-refractivity contribution is 7.13. The van der Waals surface area contributed by atoms with Gasteiger partial charge in [0.25, 0.3) is 0 Å². The van der Waals surface area contributed by atoms with Crippen molar-refractivity contribution in [2.75, 3.05) is 36.4 Å². The van der Waals surface area contributed by atoms with Crippen LogP contribution in [-0.2, 0) is 4.79 Å². The SMILES string of the molecule is CC(=O)N1CCN(c2ccn3c(-c4cccc(Nc5nncs5)c4)cnc3c2)CC1. The number of anilines is 3. The predicted molar refractivity (Wildman–Crippen MR) is 118 cm³/mol. The number of hydrogen-bond acceptors (Lipinski definition) is 7. The minimum absolute atomic E-state index is 0.144. The van der Waals surface area contributed by atoms with Crippen molar-refractivity contribution >= 4 is 39.4 Å². The van der Waals surface area contributed by atoms with Gasteiger partial charge >= 0.3 is 0 Å². The van der Waals surface area contributed by atoms with E-state index < -0.39 is 0 Å². The number of imidazole rings is 1. The zero-order valence-corrected chi connectivity index (χ0v) is 17.3. The smallest absolute Gasteiger partial charge is 0.219 e. The molecule has 1 aromatic carbocycles. The van der Waals surface area contributed by atoms with E-state index in [0.29, 0.717) is 0 Å². The lowest BCUT2D eigenvalue weighted by molar-refractivity contribution is -0.129. The molecule has 4 heterocycles. The van der Waals surface area contributed by atoms with Crippen molar-refractivity contribution < 1.29 is 4.79 Å². The van der Waals surface area contributed by atoms with Gasteiger partial charge in [0, 0.05) is 62.3 Å². The molecule has 0 aliphatic carbocycles. The van der Waals surface area contributed by atoms with Crippen LogP contribution in [0, 0.1) is 0 Å². The summed E-state index contributed by atoms with van der Waals surface area (Å²) >= 11 is 1.46. The highest BCUT2D eigenvalue weighted by atomic mass is 32.1. The van der Waals surface area contributed by atoms with Crippen molar-refractivity contribution in [1.82, 2.24) is 24.5 Å². The van der Waals surface area contributed by atoms with E-state index in [-0.39, 0.29) is 5.91 Å². The lowest BCUT2D eigenvalue weighted by Crippen LogP contribution is -2.48. The summed E-state index contributed by atoms with van der Waals surface area (Å²) in [6, 6.07) is 12.4. The van der Waals surface area contributed by atoms with Crippen LogP contribution >= 0.6 is 11.3 Å². The monoisotopic (exact) mass is 419 g/mol. The number of aromatic nitrogens is 4. The number of nitrogens with zero attached hydrogens (tertiary/aromatic N) is 6. The molecule has 0 radical (unpaired) electrons. The first-order valence-electron chi connectivity index (χ1n) is 9.78. The quantitative estimate of drug-likeness (QED) is 0.547. The van der Waals surface area contributed by atoms with Gasteiger partial charge in [0.1, 0.15) is 11.2 Å². The summed E-state index contributed by atoms with van der Waals surface area (Å²) in [5.74, 6) is 0.144. The zero-order valence-electron chi connectivity index (χ0n) is 16.5. The van der Waals surface area contributed by atoms with Gasteiger partial charge in [0.05, 0.1) is 11.9 Å². The van der Waals surface area contributed by atoms with E-state index in [1.54, 1.807) is 12.4 Å². The Morgan fingerprint density at radius 2 is 2.00 bits per heavy atom. The summed E-state index contributed by atoms with van der Waals surface area (Å²) in [6.07, 6.45) is 3.96. The van der Waals surface area contributed by atoms with Crippen molar-refractivity contribution in [1.29, 1.82) is 0 Å². The number of rotatable bonds is 4. The first-order valence-corrected chi connectivity index (χ1v) is 10.7. The fraction of sp³-hybridized carbons (Fsp3) is 0.238. The van der Waals surface area contributed by atoms with Crippen LogP contribution in [0.25, 0.3) is 16.9 Å². The molecular formula is C21H21N7OS. The van der Waals surface area contributed by atoms with Gasteiger partial charge in [-0.1, -0.05) is 23.5 Å². The van der Waals surface area contributed by atoms with Gasteiger partial charge in [-0.25, -0.2) is 4.98 Å². The molecule has 0 unspecified atom stereocenters. The highest BCUT2D eigenvalue weighted by Crippen LogP contribution is 2.27. The normalized spacial score (nSPS) is 14.3. The van der Waals surface area contributed by atoms with Gasteiger partial charge < -0.3 is 15.1 Å². The number of hydrogen-bond donors (Lipinski definition) is 1. The van der Waals surface area contributed by atoms with Gasteiger partial charge in [-0.2, -0.15) is 0 Å². The molecule has 1 aliphatic heterocycles. The molecule has 0 spiro atoms. The minimum atomic E-state index is 0.144. The molecule has 4 aromatic rings. The number of pyridine rings is 1. The van der Waals surface area contributed by atoms with E-state index in [9.17, 15) is 4.79 Å². The van der Waals surface area contributed by atoms with Gasteiger partial charge in [-0.15, -0.1) is 10.2 Å². The number of piperazine rings is 1. The third-order valence-corrected chi connectivity index (χ3v) is 5.96. The maximum atomic E-state index is 11.6. The summed E-state index contributed by atoms with van der Waals surface area (Å²) in [7, 11) is 0. The van der Waals surface area contributed by atoms with Crippen LogP contribution in [-0.4, -0.2) is 56.6 Å². The van der Waals surface area contributed by atoms with Crippen LogP contribution in [0.15, 0.2) is 54.3 Å². The number of fused-ring (bicyclic) bond motifs is 1. The molecule has 9 heteroatoms. The van der Waals surface area contributed by atoms with E-state index in [2.05, 4.69) is 60.3 Å². The standard InChI is InChI=1S/C21H21N7OS/c1-15(29)26-7-9-27(10-8-26)18-5-6-28-19(13-22-20(28)12-18)16-3-2-4-17(11-16)24-21-25-23-14-30-21/h2-6,11-14H,7-10H2,1H3,(H,24,25). The lowest BCUT2D eigenvalue weighted by atomic mass is 10.1. The molecule has 0 bridgehead atoms. The van der Waals surface area contributed by atoms with E-state index in [0.717, 1.165) is 59.6 Å². The Morgan fingerprint density at radius 1 is 1.13 bits per heavy atom. The highest BCUT2D eigenvalue weighted by Gasteiger charge is 2.19. The van der Waals surface area contributed by atoms with E-state index in [1.807, 2.05) is 23.2 Å². The second-order valence-corrected chi connectivity index (χ2v) is 8.03. The third-order valence-electron chi connectivity index (χ3n) is 5.36. The van der Waals surface area contributed by atoms with Crippen LogP contribution < -0.4 is 10.2 Å². The Kier molecular flexibility index (Phi) is 4.80. The second kappa shape index (κ2) is 7.75. The summed E-state index contributed by atoms with van der Waals surface area (Å²) in [5, 5.41) is 11.9. The van der Waals surface area contributed by atoms with Crippen molar-refractivity contribution in [2.45, 2.75) is 6.92 Å². The maximum Gasteiger partial charge on any atom is 0.219 e. The summed E-state index contributed by atoms with van der Waals surface area (Å²) in [5.41, 5.74) is 6.79. The van der Waals surface area contributed by atoms with Crippen molar-refractivity contribution in [3.8, 4) is 11.3 Å². The molecule has 5 rings (SSSR count). The van der Waals surface area contributed by atoms with Crippen LogP contribution in [0.4, 0.5) is 16.5 Å². The minimum Gasteiger partial charge on any atom is -0.368 e. The number of amides is 1. The second-order valence-electron chi connectivity index (χ2n) is 7.20. The zero-order chi connectivity index (χ0) is 20.5. The molecule has 1 fully saturated rings. The third kappa shape index (κ3) is 3.59. The summed E-state index contributed by atoms with van der Waals surface area (Å²) < 4.78 is 2.10. The van der Waals surface area contributed by atoms with E-state index in [4.69, 9.17) is 0 Å². The molecule has 3 aromatic heterocycles. The Bertz CT molecular complexity index is 1180. The summed E-state index contributed by atoms with van der Waals surface area (Å²) in [6.45, 7) is 4.82. The van der Waals surface area contributed by atoms with Crippen molar-refractivity contribution in [2.24, 2.45) is 0 Å². The molecule has 1 N–H and O–H groups in total. The van der Waals surface area contributed by atoms with Crippen LogP contribution in [0.5, 0.6) is 0 Å². The molecule has 0 atom stereocenters. The Hall–Kier alpha value is -3.46. The van der Waals surface area contributed by atoms with Gasteiger partial charge in [-0.05, 0) is 18.2 Å². The van der Waals surface area contributed by atoms with Crippen LogP contribution in [0.2, 0.25) is 0 Å². The number of nitrogens with one attached hydrogen (secondary N) is 1. The largest absolute Gasteiger partial charge is 0.368 e.